The summed E-state index contributed by atoms with van der Waals surface area (Å²) in [6.45, 7) is 9.13. The van der Waals surface area contributed by atoms with Crippen molar-refractivity contribution in [1.29, 1.82) is 0 Å². The Bertz CT molecular complexity index is 747. The highest BCUT2D eigenvalue weighted by atomic mass is 14.2. The standard InChI is InChI=1S/C24H29/c1-5-9-18-15-20-14-13-19(10-6-2)24(23(20)16-18)22-12-8-7-11-21(22)17(3)4/h7-8,11-17H,5-6,9-10H2,1-4H3. The van der Waals surface area contributed by atoms with Gasteiger partial charge in [0.15, 0.2) is 0 Å². The van der Waals surface area contributed by atoms with Crippen molar-refractivity contribution in [2.75, 3.05) is 0 Å². The lowest BCUT2D eigenvalue weighted by molar-refractivity contribution is 0.867. The zero-order valence-corrected chi connectivity index (χ0v) is 15.5. The Kier molecular flexibility index (Phi) is 5.23. The van der Waals surface area contributed by atoms with Crippen LogP contribution in [0.15, 0.2) is 42.0 Å². The van der Waals surface area contributed by atoms with E-state index in [1.165, 1.54) is 58.2 Å². The number of fused-ring (bicyclic) bond motifs is 1. The number of rotatable bonds is 6. The second-order valence-corrected chi connectivity index (χ2v) is 7.21. The summed E-state index contributed by atoms with van der Waals surface area (Å²) in [5.74, 6) is 0.538. The van der Waals surface area contributed by atoms with E-state index >= 15 is 0 Å². The lowest BCUT2D eigenvalue weighted by atomic mass is 9.85. The van der Waals surface area contributed by atoms with Crippen molar-refractivity contribution >= 4 is 6.08 Å². The molecule has 2 aromatic rings. The fraction of sp³-hybridized carbons (Fsp3) is 0.375. The number of hydrogen-bond donors (Lipinski definition) is 0. The molecule has 0 saturated carbocycles. The highest BCUT2D eigenvalue weighted by Gasteiger charge is 2.21. The van der Waals surface area contributed by atoms with Crippen molar-refractivity contribution in [3.63, 3.8) is 0 Å². The van der Waals surface area contributed by atoms with Gasteiger partial charge in [-0.05, 0) is 52.1 Å². The normalized spacial score (nSPS) is 13.3. The predicted octanol–water partition coefficient (Wildman–Crippen LogP) is 7.18. The number of allylic oxidation sites excluding steroid dienone is 1. The topological polar surface area (TPSA) is 0 Å². The zero-order valence-electron chi connectivity index (χ0n) is 15.5. The Morgan fingerprint density at radius 2 is 1.62 bits per heavy atom. The Morgan fingerprint density at radius 1 is 0.875 bits per heavy atom. The third-order valence-electron chi connectivity index (χ3n) is 4.95. The fourth-order valence-electron chi connectivity index (χ4n) is 3.85. The summed E-state index contributed by atoms with van der Waals surface area (Å²) in [7, 11) is 0. The summed E-state index contributed by atoms with van der Waals surface area (Å²) in [5, 5.41) is 0. The van der Waals surface area contributed by atoms with Gasteiger partial charge >= 0.3 is 0 Å². The van der Waals surface area contributed by atoms with Crippen molar-refractivity contribution in [2.45, 2.75) is 59.3 Å². The molecule has 3 rings (SSSR count). The van der Waals surface area contributed by atoms with Crippen LogP contribution in [0, 0.1) is 6.42 Å². The van der Waals surface area contributed by atoms with Crippen LogP contribution in [-0.4, -0.2) is 0 Å². The molecule has 0 spiro atoms. The molecule has 0 bridgehead atoms. The quantitative estimate of drug-likeness (QED) is 0.529. The van der Waals surface area contributed by atoms with Crippen molar-refractivity contribution in [1.82, 2.24) is 0 Å². The minimum atomic E-state index is 0.538. The van der Waals surface area contributed by atoms with E-state index in [-0.39, 0.29) is 0 Å². The van der Waals surface area contributed by atoms with Gasteiger partial charge in [0.1, 0.15) is 0 Å². The molecule has 0 atom stereocenters. The zero-order chi connectivity index (χ0) is 17.1. The Morgan fingerprint density at radius 3 is 2.33 bits per heavy atom. The first-order valence-electron chi connectivity index (χ1n) is 9.46. The maximum absolute atomic E-state index is 2.43. The molecular weight excluding hydrogens is 288 g/mol. The van der Waals surface area contributed by atoms with E-state index in [1.807, 2.05) is 0 Å². The molecule has 0 heteroatoms. The van der Waals surface area contributed by atoms with E-state index in [0.29, 0.717) is 5.92 Å². The van der Waals surface area contributed by atoms with Gasteiger partial charge in [-0.1, -0.05) is 88.6 Å². The van der Waals surface area contributed by atoms with Crippen LogP contribution >= 0.6 is 0 Å². The molecule has 24 heavy (non-hydrogen) atoms. The molecule has 0 saturated heterocycles. The predicted molar refractivity (Wildman–Crippen MR) is 106 cm³/mol. The average molecular weight is 317 g/mol. The number of aryl methyl sites for hydroxylation is 1. The monoisotopic (exact) mass is 317 g/mol. The summed E-state index contributed by atoms with van der Waals surface area (Å²) in [5.41, 5.74) is 10.2. The molecule has 2 aromatic carbocycles. The van der Waals surface area contributed by atoms with Crippen LogP contribution in [0.3, 0.4) is 0 Å². The van der Waals surface area contributed by atoms with Gasteiger partial charge in [-0.25, -0.2) is 0 Å². The van der Waals surface area contributed by atoms with Crippen LogP contribution in [0.25, 0.3) is 17.2 Å². The Balaban J connectivity index is 2.22. The summed E-state index contributed by atoms with van der Waals surface area (Å²) in [6.07, 6.45) is 9.52. The van der Waals surface area contributed by atoms with Crippen molar-refractivity contribution in [2.24, 2.45) is 0 Å². The molecule has 0 unspecified atom stereocenters. The molecule has 0 aromatic heterocycles. The molecular formula is C24H29. The van der Waals surface area contributed by atoms with Gasteiger partial charge in [0.25, 0.3) is 0 Å². The largest absolute Gasteiger partial charge is 0.0651 e. The fourth-order valence-corrected chi connectivity index (χ4v) is 3.85. The van der Waals surface area contributed by atoms with Gasteiger partial charge in [-0.3, -0.25) is 0 Å². The lowest BCUT2D eigenvalue weighted by Crippen LogP contribution is -1.99. The van der Waals surface area contributed by atoms with Gasteiger partial charge in [-0.2, -0.15) is 0 Å². The SMILES string of the molecule is CCCC1=Cc2c(ccc(CCC)c2-c2ccccc2C(C)C)[CH]1. The maximum atomic E-state index is 2.43. The van der Waals surface area contributed by atoms with E-state index in [2.05, 4.69) is 76.6 Å². The van der Waals surface area contributed by atoms with Gasteiger partial charge in [0, 0.05) is 6.42 Å². The highest BCUT2D eigenvalue weighted by Crippen LogP contribution is 2.41. The molecule has 0 amide bonds. The second kappa shape index (κ2) is 7.38. The first-order valence-corrected chi connectivity index (χ1v) is 9.46. The number of benzene rings is 2. The van der Waals surface area contributed by atoms with Gasteiger partial charge in [0.05, 0.1) is 0 Å². The van der Waals surface area contributed by atoms with Gasteiger partial charge < -0.3 is 0 Å². The molecule has 1 radical (unpaired) electrons. The van der Waals surface area contributed by atoms with Crippen LogP contribution in [-0.2, 0) is 6.42 Å². The second-order valence-electron chi connectivity index (χ2n) is 7.21. The maximum Gasteiger partial charge on any atom is 0.0164 e. The molecule has 1 aliphatic carbocycles. The molecule has 1 aliphatic rings. The van der Waals surface area contributed by atoms with E-state index in [0.717, 1.165) is 6.42 Å². The van der Waals surface area contributed by atoms with Crippen LogP contribution in [0.4, 0.5) is 0 Å². The smallest absolute Gasteiger partial charge is 0.0164 e. The van der Waals surface area contributed by atoms with Crippen molar-refractivity contribution in [3.05, 3.63) is 70.6 Å². The summed E-state index contributed by atoms with van der Waals surface area (Å²) >= 11 is 0. The molecule has 0 heterocycles. The van der Waals surface area contributed by atoms with E-state index in [4.69, 9.17) is 0 Å². The van der Waals surface area contributed by atoms with Crippen LogP contribution in [0.5, 0.6) is 0 Å². The summed E-state index contributed by atoms with van der Waals surface area (Å²) < 4.78 is 0. The van der Waals surface area contributed by atoms with Crippen molar-refractivity contribution in [3.8, 4) is 11.1 Å². The molecule has 125 valence electrons. The van der Waals surface area contributed by atoms with E-state index in [9.17, 15) is 0 Å². The Labute approximate surface area is 147 Å². The molecule has 0 fully saturated rings. The minimum Gasteiger partial charge on any atom is -0.0651 e. The first kappa shape index (κ1) is 17.0. The van der Waals surface area contributed by atoms with Gasteiger partial charge in [0.2, 0.25) is 0 Å². The molecule has 0 aliphatic heterocycles. The third kappa shape index (κ3) is 3.20. The highest BCUT2D eigenvalue weighted by molar-refractivity contribution is 5.86. The van der Waals surface area contributed by atoms with E-state index in [1.54, 1.807) is 0 Å². The van der Waals surface area contributed by atoms with Crippen LogP contribution in [0.2, 0.25) is 0 Å². The summed E-state index contributed by atoms with van der Waals surface area (Å²) in [6, 6.07) is 13.6. The van der Waals surface area contributed by atoms with Gasteiger partial charge in [-0.15, -0.1) is 0 Å². The summed E-state index contributed by atoms with van der Waals surface area (Å²) in [4.78, 5) is 0. The van der Waals surface area contributed by atoms with Crippen molar-refractivity contribution < 1.29 is 0 Å². The number of hydrogen-bond acceptors (Lipinski definition) is 0. The lowest BCUT2D eigenvalue weighted by Gasteiger charge is -2.19. The minimum absolute atomic E-state index is 0.538. The third-order valence-corrected chi connectivity index (χ3v) is 4.95. The van der Waals surface area contributed by atoms with E-state index < -0.39 is 0 Å². The Hall–Kier alpha value is -1.82. The van der Waals surface area contributed by atoms with Crippen LogP contribution in [0.1, 0.15) is 75.1 Å². The average Bonchev–Trinajstić information content (AvgIpc) is 2.98. The molecule has 0 nitrogen and oxygen atoms in total. The molecule has 0 N–H and O–H groups in total. The first-order chi connectivity index (χ1) is 11.7. The van der Waals surface area contributed by atoms with Crippen LogP contribution < -0.4 is 0 Å².